The Morgan fingerprint density at radius 1 is 1.33 bits per heavy atom. The number of hydrogen-bond donors (Lipinski definition) is 1. The molecule has 1 saturated heterocycles. The molecule has 21 heavy (non-hydrogen) atoms. The highest BCUT2D eigenvalue weighted by Crippen LogP contribution is 2.19. The number of nitrogens with one attached hydrogen (secondary N) is 1. The smallest absolute Gasteiger partial charge is 0.261 e. The van der Waals surface area contributed by atoms with E-state index in [0.29, 0.717) is 5.92 Å². The Hall–Kier alpha value is -1.59. The molecule has 0 unspecified atom stereocenters. The molecule has 0 radical (unpaired) electrons. The molecule has 0 aromatic carbocycles. The summed E-state index contributed by atoms with van der Waals surface area (Å²) < 4.78 is 5.39. The van der Waals surface area contributed by atoms with Crippen LogP contribution in [-0.2, 0) is 6.54 Å². The highest BCUT2D eigenvalue weighted by molar-refractivity contribution is 7.12. The number of likely N-dealkylation sites (tertiary alicyclic amines) is 1. The zero-order valence-electron chi connectivity index (χ0n) is 12.0. The van der Waals surface area contributed by atoms with Crippen molar-refractivity contribution in [2.24, 2.45) is 5.92 Å². The lowest BCUT2D eigenvalue weighted by Gasteiger charge is -2.31. The Morgan fingerprint density at radius 3 is 2.86 bits per heavy atom. The largest absolute Gasteiger partial charge is 0.468 e. The van der Waals surface area contributed by atoms with E-state index < -0.39 is 0 Å². The highest BCUT2D eigenvalue weighted by Gasteiger charge is 2.20. The lowest BCUT2D eigenvalue weighted by molar-refractivity contribution is 0.0938. The Kier molecular flexibility index (Phi) is 4.72. The van der Waals surface area contributed by atoms with Gasteiger partial charge in [0.2, 0.25) is 0 Å². The lowest BCUT2D eigenvalue weighted by Crippen LogP contribution is -2.38. The number of nitrogens with zero attached hydrogens (tertiary/aromatic N) is 1. The Bertz CT molecular complexity index is 543. The maximum Gasteiger partial charge on any atom is 0.261 e. The molecular formula is C16H20N2O2S. The molecule has 1 aliphatic heterocycles. The van der Waals surface area contributed by atoms with Gasteiger partial charge in [0.1, 0.15) is 5.76 Å². The van der Waals surface area contributed by atoms with Gasteiger partial charge in [0, 0.05) is 6.54 Å². The number of thiophene rings is 1. The number of carbonyl (C=O) groups excluding carboxylic acids is 1. The predicted molar refractivity (Wildman–Crippen MR) is 83.4 cm³/mol. The van der Waals surface area contributed by atoms with Crippen LogP contribution in [0.25, 0.3) is 0 Å². The summed E-state index contributed by atoms with van der Waals surface area (Å²) in [5.74, 6) is 1.67. The molecule has 1 aliphatic rings. The topological polar surface area (TPSA) is 45.5 Å². The highest BCUT2D eigenvalue weighted by atomic mass is 32.1. The van der Waals surface area contributed by atoms with Crippen LogP contribution < -0.4 is 5.32 Å². The van der Waals surface area contributed by atoms with Crippen LogP contribution in [0.1, 0.15) is 28.3 Å². The van der Waals surface area contributed by atoms with Gasteiger partial charge in [-0.3, -0.25) is 9.69 Å². The standard InChI is InChI=1S/C16H20N2O2S/c19-16(15-4-2-10-21-15)17-11-13-5-7-18(8-6-13)12-14-3-1-9-20-14/h1-4,9-10,13H,5-8,11-12H2,(H,17,19). The van der Waals surface area contributed by atoms with Crippen molar-refractivity contribution in [2.75, 3.05) is 19.6 Å². The number of carbonyl (C=O) groups is 1. The second kappa shape index (κ2) is 6.91. The van der Waals surface area contributed by atoms with Gasteiger partial charge in [0.25, 0.3) is 5.91 Å². The second-order valence-electron chi connectivity index (χ2n) is 5.49. The zero-order chi connectivity index (χ0) is 14.5. The van der Waals surface area contributed by atoms with E-state index in [1.807, 2.05) is 29.6 Å². The quantitative estimate of drug-likeness (QED) is 0.923. The summed E-state index contributed by atoms with van der Waals surface area (Å²) in [7, 11) is 0. The summed E-state index contributed by atoms with van der Waals surface area (Å²) in [6, 6.07) is 7.73. The van der Waals surface area contributed by atoms with Crippen molar-refractivity contribution >= 4 is 17.2 Å². The number of hydrogen-bond acceptors (Lipinski definition) is 4. The summed E-state index contributed by atoms with van der Waals surface area (Å²) in [6.45, 7) is 3.81. The van der Waals surface area contributed by atoms with Crippen LogP contribution >= 0.6 is 11.3 Å². The molecule has 1 N–H and O–H groups in total. The Morgan fingerprint density at radius 2 is 2.19 bits per heavy atom. The van der Waals surface area contributed by atoms with Gasteiger partial charge < -0.3 is 9.73 Å². The van der Waals surface area contributed by atoms with Crippen LogP contribution in [0.5, 0.6) is 0 Å². The van der Waals surface area contributed by atoms with E-state index in [0.717, 1.165) is 49.7 Å². The van der Waals surface area contributed by atoms with E-state index in [2.05, 4.69) is 10.2 Å². The first kappa shape index (κ1) is 14.4. The summed E-state index contributed by atoms with van der Waals surface area (Å²) in [4.78, 5) is 15.1. The fourth-order valence-electron chi connectivity index (χ4n) is 2.70. The van der Waals surface area contributed by atoms with E-state index in [4.69, 9.17) is 4.42 Å². The fraction of sp³-hybridized carbons (Fsp3) is 0.438. The molecule has 2 aromatic heterocycles. The van der Waals surface area contributed by atoms with Crippen LogP contribution in [0.15, 0.2) is 40.3 Å². The lowest BCUT2D eigenvalue weighted by atomic mass is 9.96. The number of amides is 1. The van der Waals surface area contributed by atoms with Gasteiger partial charge in [-0.1, -0.05) is 6.07 Å². The molecule has 1 amide bonds. The van der Waals surface area contributed by atoms with Gasteiger partial charge in [0.15, 0.2) is 0 Å². The molecule has 0 atom stereocenters. The van der Waals surface area contributed by atoms with Crippen LogP contribution in [0.3, 0.4) is 0 Å². The molecule has 2 aromatic rings. The van der Waals surface area contributed by atoms with Crippen LogP contribution in [0, 0.1) is 5.92 Å². The number of piperidine rings is 1. The van der Waals surface area contributed by atoms with Crippen LogP contribution in [-0.4, -0.2) is 30.4 Å². The van der Waals surface area contributed by atoms with Gasteiger partial charge in [-0.2, -0.15) is 0 Å². The minimum atomic E-state index is 0.0583. The first-order valence-corrected chi connectivity index (χ1v) is 8.25. The van der Waals surface area contributed by atoms with Crippen LogP contribution in [0.4, 0.5) is 0 Å². The molecule has 0 aliphatic carbocycles. The summed E-state index contributed by atoms with van der Waals surface area (Å²) in [5.41, 5.74) is 0. The van der Waals surface area contributed by atoms with E-state index in [9.17, 15) is 4.79 Å². The minimum Gasteiger partial charge on any atom is -0.468 e. The molecule has 0 bridgehead atoms. The SMILES string of the molecule is O=C(NCC1CCN(Cc2ccco2)CC1)c1cccs1. The van der Waals surface area contributed by atoms with Crippen molar-refractivity contribution in [3.8, 4) is 0 Å². The third-order valence-electron chi connectivity index (χ3n) is 3.96. The molecule has 3 rings (SSSR count). The first-order valence-electron chi connectivity index (χ1n) is 7.37. The van der Waals surface area contributed by atoms with Gasteiger partial charge in [0.05, 0.1) is 17.7 Å². The Balaban J connectivity index is 1.39. The normalized spacial score (nSPS) is 17.0. The third-order valence-corrected chi connectivity index (χ3v) is 4.83. The van der Waals surface area contributed by atoms with E-state index in [1.54, 1.807) is 6.26 Å². The maximum atomic E-state index is 11.9. The van der Waals surface area contributed by atoms with E-state index in [-0.39, 0.29) is 5.91 Å². The second-order valence-corrected chi connectivity index (χ2v) is 6.43. The van der Waals surface area contributed by atoms with E-state index >= 15 is 0 Å². The first-order chi connectivity index (χ1) is 10.3. The molecule has 3 heterocycles. The molecule has 1 fully saturated rings. The average Bonchev–Trinajstić information content (AvgIpc) is 3.19. The summed E-state index contributed by atoms with van der Waals surface area (Å²) >= 11 is 1.49. The zero-order valence-corrected chi connectivity index (χ0v) is 12.8. The minimum absolute atomic E-state index is 0.0583. The van der Waals surface area contributed by atoms with Crippen molar-refractivity contribution < 1.29 is 9.21 Å². The van der Waals surface area contributed by atoms with Crippen molar-refractivity contribution in [2.45, 2.75) is 19.4 Å². The molecule has 0 spiro atoms. The third kappa shape index (κ3) is 3.95. The molecular weight excluding hydrogens is 284 g/mol. The predicted octanol–water partition coefficient (Wildman–Crippen LogP) is 2.98. The molecule has 112 valence electrons. The van der Waals surface area contributed by atoms with Crippen molar-refractivity contribution in [1.29, 1.82) is 0 Å². The number of furan rings is 1. The molecule has 4 nitrogen and oxygen atoms in total. The summed E-state index contributed by atoms with van der Waals surface area (Å²) in [5, 5.41) is 4.98. The van der Waals surface area contributed by atoms with Crippen molar-refractivity contribution in [3.05, 3.63) is 46.5 Å². The number of rotatable bonds is 5. The maximum absolute atomic E-state index is 11.9. The van der Waals surface area contributed by atoms with Gasteiger partial charge >= 0.3 is 0 Å². The van der Waals surface area contributed by atoms with Crippen molar-refractivity contribution in [1.82, 2.24) is 10.2 Å². The van der Waals surface area contributed by atoms with Gasteiger partial charge in [-0.25, -0.2) is 0 Å². The van der Waals surface area contributed by atoms with Crippen molar-refractivity contribution in [3.63, 3.8) is 0 Å². The van der Waals surface area contributed by atoms with Gasteiger partial charge in [-0.05, 0) is 55.4 Å². The van der Waals surface area contributed by atoms with E-state index in [1.165, 1.54) is 11.3 Å². The monoisotopic (exact) mass is 304 g/mol. The summed E-state index contributed by atoms with van der Waals surface area (Å²) in [6.07, 6.45) is 3.99. The average molecular weight is 304 g/mol. The van der Waals surface area contributed by atoms with Crippen LogP contribution in [0.2, 0.25) is 0 Å². The Labute approximate surface area is 128 Å². The van der Waals surface area contributed by atoms with Gasteiger partial charge in [-0.15, -0.1) is 11.3 Å². The molecule has 0 saturated carbocycles. The molecule has 5 heteroatoms. The fourth-order valence-corrected chi connectivity index (χ4v) is 3.34.